The highest BCUT2D eigenvalue weighted by Crippen LogP contribution is 2.41. The Morgan fingerprint density at radius 1 is 1.41 bits per heavy atom. The molecule has 1 aliphatic heterocycles. The molecule has 0 bridgehead atoms. The number of aliphatic carboxylic acids is 1. The largest absolute Gasteiger partial charge is 0.496 e. The molecule has 1 aromatic rings. The Bertz CT molecular complexity index is 563. The molecule has 2 aliphatic rings. The number of carboxylic acid groups (broad SMARTS) is 1. The molecule has 120 valence electrons. The second-order valence-electron chi connectivity index (χ2n) is 6.33. The van der Waals surface area contributed by atoms with Crippen molar-refractivity contribution in [3.63, 3.8) is 0 Å². The van der Waals surface area contributed by atoms with Crippen LogP contribution in [0.4, 0.5) is 0 Å². The Hall–Kier alpha value is -1.26. The topological polar surface area (TPSA) is 49.8 Å². The van der Waals surface area contributed by atoms with Gasteiger partial charge in [0, 0.05) is 23.2 Å². The minimum atomic E-state index is -0.706. The van der Waals surface area contributed by atoms with Crippen LogP contribution in [0.15, 0.2) is 18.2 Å². The van der Waals surface area contributed by atoms with E-state index in [1.807, 2.05) is 12.1 Å². The molecule has 2 fully saturated rings. The minimum Gasteiger partial charge on any atom is -0.496 e. The van der Waals surface area contributed by atoms with Crippen molar-refractivity contribution in [2.24, 2.45) is 5.92 Å². The van der Waals surface area contributed by atoms with Crippen LogP contribution in [0, 0.1) is 5.92 Å². The molecule has 0 radical (unpaired) electrons. The van der Waals surface area contributed by atoms with E-state index in [9.17, 15) is 9.90 Å². The van der Waals surface area contributed by atoms with Gasteiger partial charge in [0.05, 0.1) is 7.11 Å². The monoisotopic (exact) mass is 323 g/mol. The number of rotatable bonds is 4. The number of halogens is 1. The van der Waals surface area contributed by atoms with Crippen LogP contribution in [0.3, 0.4) is 0 Å². The highest BCUT2D eigenvalue weighted by Gasteiger charge is 2.45. The molecule has 3 rings (SSSR count). The third kappa shape index (κ3) is 2.95. The first kappa shape index (κ1) is 15.6. The van der Waals surface area contributed by atoms with Crippen molar-refractivity contribution in [1.29, 1.82) is 0 Å². The zero-order valence-electron chi connectivity index (χ0n) is 12.8. The summed E-state index contributed by atoms with van der Waals surface area (Å²) in [7, 11) is 1.62. The van der Waals surface area contributed by atoms with Gasteiger partial charge in [-0.15, -0.1) is 0 Å². The normalized spacial score (nSPS) is 28.4. The zero-order valence-corrected chi connectivity index (χ0v) is 13.6. The van der Waals surface area contributed by atoms with E-state index in [4.69, 9.17) is 16.3 Å². The number of ether oxygens (including phenoxy) is 1. The maximum Gasteiger partial charge on any atom is 0.320 e. The number of carbonyl (C=O) groups is 1. The summed E-state index contributed by atoms with van der Waals surface area (Å²) in [5.41, 5.74) is 1.00. The van der Waals surface area contributed by atoms with Crippen molar-refractivity contribution in [2.45, 2.75) is 50.7 Å². The lowest BCUT2D eigenvalue weighted by atomic mass is 9.84. The lowest BCUT2D eigenvalue weighted by Gasteiger charge is -2.33. The van der Waals surface area contributed by atoms with Gasteiger partial charge in [0.2, 0.25) is 0 Å². The van der Waals surface area contributed by atoms with Crippen LogP contribution in [-0.4, -0.2) is 35.2 Å². The fourth-order valence-electron chi connectivity index (χ4n) is 4.07. The first-order chi connectivity index (χ1) is 10.6. The molecule has 1 saturated heterocycles. The summed E-state index contributed by atoms with van der Waals surface area (Å²) in [6.07, 6.45) is 5.45. The van der Waals surface area contributed by atoms with E-state index in [2.05, 4.69) is 4.90 Å². The molecule has 1 aromatic carbocycles. The lowest BCUT2D eigenvalue weighted by Crippen LogP contribution is -2.41. The Morgan fingerprint density at radius 2 is 2.18 bits per heavy atom. The Balaban J connectivity index is 1.86. The van der Waals surface area contributed by atoms with Gasteiger partial charge in [0.25, 0.3) is 0 Å². The number of nitrogens with zero attached hydrogens (tertiary/aromatic N) is 1. The number of likely N-dealkylation sites (tertiary alicyclic amines) is 1. The second-order valence-corrected chi connectivity index (χ2v) is 6.77. The molecule has 3 atom stereocenters. The summed E-state index contributed by atoms with van der Waals surface area (Å²) in [5.74, 6) is 0.548. The van der Waals surface area contributed by atoms with Crippen LogP contribution in [0.25, 0.3) is 0 Å². The summed E-state index contributed by atoms with van der Waals surface area (Å²) in [4.78, 5) is 13.8. The fraction of sp³-hybridized carbons (Fsp3) is 0.588. The molecule has 1 N–H and O–H groups in total. The van der Waals surface area contributed by atoms with Gasteiger partial charge < -0.3 is 9.84 Å². The number of hydrogen-bond acceptors (Lipinski definition) is 3. The number of carboxylic acids is 1. The summed E-state index contributed by atoms with van der Waals surface area (Å²) < 4.78 is 5.41. The van der Waals surface area contributed by atoms with Crippen molar-refractivity contribution < 1.29 is 14.6 Å². The van der Waals surface area contributed by atoms with Crippen molar-refractivity contribution in [1.82, 2.24) is 4.90 Å². The molecule has 0 aromatic heterocycles. The highest BCUT2D eigenvalue weighted by atomic mass is 35.5. The van der Waals surface area contributed by atoms with Crippen molar-refractivity contribution in [2.75, 3.05) is 7.11 Å². The van der Waals surface area contributed by atoms with E-state index in [1.54, 1.807) is 13.2 Å². The van der Waals surface area contributed by atoms with Gasteiger partial charge in [-0.3, -0.25) is 9.69 Å². The fourth-order valence-corrected chi connectivity index (χ4v) is 4.23. The molecule has 1 saturated carbocycles. The molecule has 4 nitrogen and oxygen atoms in total. The van der Waals surface area contributed by atoms with Gasteiger partial charge in [0.15, 0.2) is 0 Å². The van der Waals surface area contributed by atoms with Crippen LogP contribution in [0.5, 0.6) is 5.75 Å². The van der Waals surface area contributed by atoms with E-state index in [0.29, 0.717) is 23.5 Å². The molecule has 1 aliphatic carbocycles. The maximum absolute atomic E-state index is 11.7. The van der Waals surface area contributed by atoms with Crippen LogP contribution >= 0.6 is 11.6 Å². The van der Waals surface area contributed by atoms with Crippen molar-refractivity contribution >= 4 is 17.6 Å². The Labute approximate surface area is 136 Å². The Morgan fingerprint density at radius 3 is 2.91 bits per heavy atom. The third-order valence-electron chi connectivity index (χ3n) is 5.11. The van der Waals surface area contributed by atoms with Crippen LogP contribution in [0.1, 0.15) is 37.7 Å². The number of hydrogen-bond donors (Lipinski definition) is 1. The number of fused-ring (bicyclic) bond motifs is 1. The van der Waals surface area contributed by atoms with Gasteiger partial charge in [-0.05, 0) is 37.3 Å². The first-order valence-electron chi connectivity index (χ1n) is 7.91. The molecule has 3 unspecified atom stereocenters. The molecule has 5 heteroatoms. The van der Waals surface area contributed by atoms with E-state index >= 15 is 0 Å². The van der Waals surface area contributed by atoms with Gasteiger partial charge in [-0.25, -0.2) is 0 Å². The average molecular weight is 324 g/mol. The minimum absolute atomic E-state index is 0.381. The van der Waals surface area contributed by atoms with Gasteiger partial charge in [-0.1, -0.05) is 30.5 Å². The quantitative estimate of drug-likeness (QED) is 0.920. The van der Waals surface area contributed by atoms with Crippen LogP contribution in [-0.2, 0) is 11.3 Å². The second kappa shape index (κ2) is 6.47. The maximum atomic E-state index is 11.7. The number of methoxy groups -OCH3 is 1. The standard InChI is InChI=1S/C17H22ClNO3/c1-22-16-9-13(18)7-6-12(16)10-19-14-5-3-2-4-11(14)8-15(19)17(20)21/h6-7,9,11,14-15H,2-5,8,10H2,1H3,(H,20,21). The van der Waals surface area contributed by atoms with Crippen LogP contribution < -0.4 is 4.74 Å². The highest BCUT2D eigenvalue weighted by molar-refractivity contribution is 6.30. The molecule has 0 spiro atoms. The van der Waals surface area contributed by atoms with E-state index in [0.717, 1.165) is 30.6 Å². The predicted molar refractivity (Wildman–Crippen MR) is 85.3 cm³/mol. The molecule has 0 amide bonds. The summed E-state index contributed by atoms with van der Waals surface area (Å²) >= 11 is 6.01. The van der Waals surface area contributed by atoms with Gasteiger partial charge in [-0.2, -0.15) is 0 Å². The Kier molecular flexibility index (Phi) is 4.59. The van der Waals surface area contributed by atoms with Crippen LogP contribution in [0.2, 0.25) is 5.02 Å². The van der Waals surface area contributed by atoms with E-state index in [1.165, 1.54) is 12.8 Å². The predicted octanol–water partition coefficient (Wildman–Crippen LogP) is 3.57. The summed E-state index contributed by atoms with van der Waals surface area (Å²) in [5, 5.41) is 10.2. The molecule has 1 heterocycles. The SMILES string of the molecule is COc1cc(Cl)ccc1CN1C(C(=O)O)CC2CCCCC21. The molecular weight excluding hydrogens is 302 g/mol. The third-order valence-corrected chi connectivity index (χ3v) is 5.34. The smallest absolute Gasteiger partial charge is 0.320 e. The lowest BCUT2D eigenvalue weighted by molar-refractivity contribution is -0.142. The van der Waals surface area contributed by atoms with Crippen molar-refractivity contribution in [3.8, 4) is 5.75 Å². The number of benzene rings is 1. The summed E-state index contributed by atoms with van der Waals surface area (Å²) in [6.45, 7) is 0.610. The van der Waals surface area contributed by atoms with Gasteiger partial charge >= 0.3 is 5.97 Å². The zero-order chi connectivity index (χ0) is 15.7. The molecular formula is C17H22ClNO3. The summed E-state index contributed by atoms with van der Waals surface area (Å²) in [6, 6.07) is 5.57. The van der Waals surface area contributed by atoms with E-state index in [-0.39, 0.29) is 6.04 Å². The van der Waals surface area contributed by atoms with Gasteiger partial charge in [0.1, 0.15) is 11.8 Å². The van der Waals surface area contributed by atoms with Crippen molar-refractivity contribution in [3.05, 3.63) is 28.8 Å². The first-order valence-corrected chi connectivity index (χ1v) is 8.29. The molecule has 22 heavy (non-hydrogen) atoms. The average Bonchev–Trinajstić information content (AvgIpc) is 2.88. The van der Waals surface area contributed by atoms with E-state index < -0.39 is 5.97 Å².